The molecule has 0 bridgehead atoms. The van der Waals surface area contributed by atoms with Crippen molar-refractivity contribution in [2.24, 2.45) is 5.10 Å². The minimum Gasteiger partial charge on any atom is -0.496 e. The summed E-state index contributed by atoms with van der Waals surface area (Å²) in [7, 11) is 1.58. The van der Waals surface area contributed by atoms with Gasteiger partial charge in [-0.05, 0) is 45.0 Å². The first-order valence-corrected chi connectivity index (χ1v) is 9.17. The molecule has 0 spiro atoms. The molecule has 0 atom stereocenters. The summed E-state index contributed by atoms with van der Waals surface area (Å²) < 4.78 is 22.2. The van der Waals surface area contributed by atoms with E-state index in [9.17, 15) is 4.79 Å². The first-order chi connectivity index (χ1) is 13.6. The zero-order valence-electron chi connectivity index (χ0n) is 16.7. The van der Waals surface area contributed by atoms with Gasteiger partial charge in [0.2, 0.25) is 5.75 Å². The normalized spacial score (nSPS) is 10.6. The van der Waals surface area contributed by atoms with Gasteiger partial charge < -0.3 is 18.9 Å². The van der Waals surface area contributed by atoms with Gasteiger partial charge in [-0.25, -0.2) is 5.43 Å². The Balaban J connectivity index is 2.25. The molecule has 1 N–H and O–H groups in total. The minimum atomic E-state index is -0.392. The molecule has 0 unspecified atom stereocenters. The largest absolute Gasteiger partial charge is 0.496 e. The Bertz CT molecular complexity index is 793. The van der Waals surface area contributed by atoms with Crippen LogP contribution in [0.15, 0.2) is 41.5 Å². The third kappa shape index (κ3) is 5.39. The number of benzene rings is 2. The summed E-state index contributed by atoms with van der Waals surface area (Å²) in [4.78, 5) is 12.6. The Morgan fingerprint density at radius 1 is 0.964 bits per heavy atom. The van der Waals surface area contributed by atoms with Crippen LogP contribution in [-0.2, 0) is 0 Å². The van der Waals surface area contributed by atoms with E-state index in [0.717, 1.165) is 5.56 Å². The van der Waals surface area contributed by atoms with Crippen LogP contribution < -0.4 is 24.4 Å². The van der Waals surface area contributed by atoms with E-state index in [4.69, 9.17) is 18.9 Å². The molecule has 150 valence electrons. The standard InChI is InChI=1S/C21H26N2O5/c1-5-26-18-12-16(13-19(27-6-2)20(18)28-7-3)21(24)23-22-14-15-10-8-9-11-17(15)25-4/h8-14H,5-7H2,1-4H3,(H,23,24). The number of carbonyl (C=O) groups is 1. The highest BCUT2D eigenvalue weighted by atomic mass is 16.5. The molecule has 0 aliphatic heterocycles. The molecule has 2 rings (SSSR count). The van der Waals surface area contributed by atoms with Crippen LogP contribution in [0.4, 0.5) is 0 Å². The van der Waals surface area contributed by atoms with Gasteiger partial charge in [-0.2, -0.15) is 5.10 Å². The summed E-state index contributed by atoms with van der Waals surface area (Å²) >= 11 is 0. The maximum atomic E-state index is 12.6. The number of nitrogens with one attached hydrogen (secondary N) is 1. The summed E-state index contributed by atoms with van der Waals surface area (Å²) in [6.45, 7) is 6.92. The predicted molar refractivity (Wildman–Crippen MR) is 108 cm³/mol. The van der Waals surface area contributed by atoms with Crippen LogP contribution in [0, 0.1) is 0 Å². The topological polar surface area (TPSA) is 78.4 Å². The fourth-order valence-corrected chi connectivity index (χ4v) is 2.52. The zero-order valence-corrected chi connectivity index (χ0v) is 16.7. The molecule has 0 fully saturated rings. The maximum absolute atomic E-state index is 12.6. The van der Waals surface area contributed by atoms with E-state index in [1.54, 1.807) is 19.2 Å². The summed E-state index contributed by atoms with van der Waals surface area (Å²) in [6.07, 6.45) is 1.53. The Hall–Kier alpha value is -3.22. The second kappa shape index (κ2) is 10.8. The molecule has 7 nitrogen and oxygen atoms in total. The van der Waals surface area contributed by atoms with Gasteiger partial charge in [-0.15, -0.1) is 0 Å². The first kappa shape index (κ1) is 21.1. The fraction of sp³-hybridized carbons (Fsp3) is 0.333. The third-order valence-electron chi connectivity index (χ3n) is 3.68. The monoisotopic (exact) mass is 386 g/mol. The van der Waals surface area contributed by atoms with E-state index in [2.05, 4.69) is 10.5 Å². The SMILES string of the molecule is CCOc1cc(C(=O)NN=Cc2ccccc2OC)cc(OCC)c1OCC. The number of hydrogen-bond donors (Lipinski definition) is 1. The van der Waals surface area contributed by atoms with Crippen LogP contribution in [0.3, 0.4) is 0 Å². The third-order valence-corrected chi connectivity index (χ3v) is 3.68. The molecular formula is C21H26N2O5. The van der Waals surface area contributed by atoms with E-state index in [0.29, 0.717) is 48.4 Å². The molecule has 7 heteroatoms. The van der Waals surface area contributed by atoms with Crippen LogP contribution in [0.1, 0.15) is 36.7 Å². The number of carbonyl (C=O) groups excluding carboxylic acids is 1. The highest BCUT2D eigenvalue weighted by molar-refractivity contribution is 5.96. The van der Waals surface area contributed by atoms with E-state index < -0.39 is 5.91 Å². The lowest BCUT2D eigenvalue weighted by Crippen LogP contribution is -2.18. The molecule has 0 aliphatic carbocycles. The van der Waals surface area contributed by atoms with Gasteiger partial charge in [-0.1, -0.05) is 12.1 Å². The van der Waals surface area contributed by atoms with Gasteiger partial charge in [0.15, 0.2) is 11.5 Å². The van der Waals surface area contributed by atoms with Crippen molar-refractivity contribution in [3.05, 3.63) is 47.5 Å². The van der Waals surface area contributed by atoms with Crippen molar-refractivity contribution < 1.29 is 23.7 Å². The van der Waals surface area contributed by atoms with E-state index in [1.807, 2.05) is 45.0 Å². The molecule has 2 aromatic rings. The maximum Gasteiger partial charge on any atom is 0.271 e. The summed E-state index contributed by atoms with van der Waals surface area (Å²) in [6, 6.07) is 10.6. The van der Waals surface area contributed by atoms with Gasteiger partial charge in [0.05, 0.1) is 33.1 Å². The number of para-hydroxylation sites is 1. The number of nitrogens with zero attached hydrogens (tertiary/aromatic N) is 1. The van der Waals surface area contributed by atoms with Crippen molar-refractivity contribution in [3.63, 3.8) is 0 Å². The molecule has 28 heavy (non-hydrogen) atoms. The van der Waals surface area contributed by atoms with Crippen molar-refractivity contribution in [2.45, 2.75) is 20.8 Å². The van der Waals surface area contributed by atoms with Gasteiger partial charge in [0.1, 0.15) is 5.75 Å². The fourth-order valence-electron chi connectivity index (χ4n) is 2.52. The Kier molecular flexibility index (Phi) is 8.14. The smallest absolute Gasteiger partial charge is 0.271 e. The number of amides is 1. The van der Waals surface area contributed by atoms with Gasteiger partial charge in [0.25, 0.3) is 5.91 Å². The lowest BCUT2D eigenvalue weighted by molar-refractivity contribution is 0.0954. The summed E-state index contributed by atoms with van der Waals surface area (Å²) in [5.41, 5.74) is 3.62. The minimum absolute atomic E-state index is 0.354. The van der Waals surface area contributed by atoms with Crippen LogP contribution in [0.25, 0.3) is 0 Å². The van der Waals surface area contributed by atoms with Crippen molar-refractivity contribution in [2.75, 3.05) is 26.9 Å². The lowest BCUT2D eigenvalue weighted by atomic mass is 10.1. The average molecular weight is 386 g/mol. The van der Waals surface area contributed by atoms with Crippen LogP contribution >= 0.6 is 0 Å². The van der Waals surface area contributed by atoms with Crippen molar-refractivity contribution in [1.29, 1.82) is 0 Å². The molecule has 0 aromatic heterocycles. The molecule has 0 aliphatic rings. The molecule has 1 amide bonds. The lowest BCUT2D eigenvalue weighted by Gasteiger charge is -2.16. The number of rotatable bonds is 10. The second-order valence-electron chi connectivity index (χ2n) is 5.54. The second-order valence-corrected chi connectivity index (χ2v) is 5.54. The van der Waals surface area contributed by atoms with Crippen LogP contribution in [-0.4, -0.2) is 39.1 Å². The van der Waals surface area contributed by atoms with Gasteiger partial charge in [0, 0.05) is 11.1 Å². The summed E-state index contributed by atoms with van der Waals surface area (Å²) in [5, 5.41) is 4.02. The molecule has 0 saturated heterocycles. The quantitative estimate of drug-likeness (QED) is 0.498. The molecule has 0 heterocycles. The number of methoxy groups -OCH3 is 1. The number of hydrogen-bond acceptors (Lipinski definition) is 6. The molecule has 0 radical (unpaired) electrons. The number of ether oxygens (including phenoxy) is 4. The van der Waals surface area contributed by atoms with Gasteiger partial charge >= 0.3 is 0 Å². The average Bonchev–Trinajstić information content (AvgIpc) is 2.70. The molecule has 0 saturated carbocycles. The molecule has 2 aromatic carbocycles. The van der Waals surface area contributed by atoms with E-state index in [1.165, 1.54) is 6.21 Å². The van der Waals surface area contributed by atoms with Crippen molar-refractivity contribution in [1.82, 2.24) is 5.43 Å². The van der Waals surface area contributed by atoms with Crippen molar-refractivity contribution in [3.8, 4) is 23.0 Å². The zero-order chi connectivity index (χ0) is 20.4. The Morgan fingerprint density at radius 3 is 2.14 bits per heavy atom. The van der Waals surface area contributed by atoms with Crippen molar-refractivity contribution >= 4 is 12.1 Å². The van der Waals surface area contributed by atoms with Gasteiger partial charge in [-0.3, -0.25) is 4.79 Å². The highest BCUT2D eigenvalue weighted by Gasteiger charge is 2.18. The van der Waals surface area contributed by atoms with Crippen LogP contribution in [0.2, 0.25) is 0 Å². The molecular weight excluding hydrogens is 360 g/mol. The van der Waals surface area contributed by atoms with E-state index in [-0.39, 0.29) is 0 Å². The Morgan fingerprint density at radius 2 is 1.57 bits per heavy atom. The number of hydrazone groups is 1. The van der Waals surface area contributed by atoms with Crippen LogP contribution in [0.5, 0.6) is 23.0 Å². The Labute approximate surface area is 165 Å². The predicted octanol–water partition coefficient (Wildman–Crippen LogP) is 3.66. The summed E-state index contributed by atoms with van der Waals surface area (Å²) in [5.74, 6) is 1.67. The highest BCUT2D eigenvalue weighted by Crippen LogP contribution is 2.39. The van der Waals surface area contributed by atoms with E-state index >= 15 is 0 Å². The first-order valence-electron chi connectivity index (χ1n) is 9.17.